The minimum atomic E-state index is -0.456. The van der Waals surface area contributed by atoms with E-state index in [9.17, 15) is 4.79 Å². The Morgan fingerprint density at radius 3 is 2.94 bits per heavy atom. The minimum Gasteiger partial charge on any atom is -0.379 e. The second-order valence-corrected chi connectivity index (χ2v) is 4.08. The Balaban J connectivity index is 1.96. The first kappa shape index (κ1) is 12.0. The molecule has 1 saturated heterocycles. The molecule has 1 aromatic heterocycles. The first-order valence-electron chi connectivity index (χ1n) is 5.81. The zero-order valence-electron chi connectivity index (χ0n) is 9.76. The molecule has 2 N–H and O–H groups in total. The molecule has 5 heteroatoms. The number of carbonyl (C=O) groups excluding carboxylic acids is 1. The van der Waals surface area contributed by atoms with Crippen molar-refractivity contribution >= 4 is 5.91 Å². The van der Waals surface area contributed by atoms with E-state index in [2.05, 4.69) is 9.88 Å². The number of morpholine rings is 1. The van der Waals surface area contributed by atoms with Gasteiger partial charge in [0.15, 0.2) is 0 Å². The Morgan fingerprint density at radius 1 is 1.47 bits per heavy atom. The van der Waals surface area contributed by atoms with Crippen LogP contribution in [-0.2, 0) is 11.2 Å². The molecule has 17 heavy (non-hydrogen) atoms. The predicted molar refractivity (Wildman–Crippen MR) is 63.7 cm³/mol. The molecule has 1 aliphatic rings. The van der Waals surface area contributed by atoms with E-state index in [1.807, 2.05) is 12.1 Å². The molecular weight excluding hydrogens is 218 g/mol. The lowest BCUT2D eigenvalue weighted by molar-refractivity contribution is 0.0384. The van der Waals surface area contributed by atoms with Gasteiger partial charge >= 0.3 is 0 Å². The van der Waals surface area contributed by atoms with Crippen molar-refractivity contribution in [2.75, 3.05) is 32.8 Å². The second-order valence-electron chi connectivity index (χ2n) is 4.08. The zero-order valence-corrected chi connectivity index (χ0v) is 9.76. The average molecular weight is 235 g/mol. The van der Waals surface area contributed by atoms with Crippen molar-refractivity contribution in [3.8, 4) is 0 Å². The van der Waals surface area contributed by atoms with Crippen molar-refractivity contribution in [1.29, 1.82) is 0 Å². The van der Waals surface area contributed by atoms with Crippen molar-refractivity contribution in [2.24, 2.45) is 5.73 Å². The summed E-state index contributed by atoms with van der Waals surface area (Å²) in [6.07, 6.45) is 2.39. The maximum absolute atomic E-state index is 11.2. The standard InChI is InChI=1S/C12H17N3O2/c13-12(16)11-10(2-1-4-14-11)3-5-15-6-8-17-9-7-15/h1-2,4H,3,5-9H2,(H2,13,16). The van der Waals surface area contributed by atoms with Crippen LogP contribution in [0.5, 0.6) is 0 Å². The van der Waals surface area contributed by atoms with E-state index in [1.54, 1.807) is 6.20 Å². The molecule has 0 aliphatic carbocycles. The highest BCUT2D eigenvalue weighted by Gasteiger charge is 2.13. The molecule has 1 fully saturated rings. The molecule has 2 rings (SSSR count). The maximum atomic E-state index is 11.2. The molecule has 1 aliphatic heterocycles. The number of ether oxygens (including phenoxy) is 1. The molecule has 0 spiro atoms. The molecule has 0 radical (unpaired) electrons. The van der Waals surface area contributed by atoms with Gasteiger partial charge in [-0.15, -0.1) is 0 Å². The number of aromatic nitrogens is 1. The van der Waals surface area contributed by atoms with E-state index in [4.69, 9.17) is 10.5 Å². The highest BCUT2D eigenvalue weighted by molar-refractivity contribution is 5.92. The lowest BCUT2D eigenvalue weighted by Gasteiger charge is -2.26. The van der Waals surface area contributed by atoms with Crippen LogP contribution in [0.15, 0.2) is 18.3 Å². The van der Waals surface area contributed by atoms with Crippen LogP contribution in [0.1, 0.15) is 16.1 Å². The largest absolute Gasteiger partial charge is 0.379 e. The Labute approximate surface area is 101 Å². The van der Waals surface area contributed by atoms with Gasteiger partial charge in [-0.3, -0.25) is 14.7 Å². The average Bonchev–Trinajstić information content (AvgIpc) is 2.38. The summed E-state index contributed by atoms with van der Waals surface area (Å²) >= 11 is 0. The predicted octanol–water partition coefficient (Wildman–Crippen LogP) is 0.0552. The van der Waals surface area contributed by atoms with Gasteiger partial charge in [0.25, 0.3) is 5.91 Å². The van der Waals surface area contributed by atoms with Crippen LogP contribution in [-0.4, -0.2) is 48.6 Å². The lowest BCUT2D eigenvalue weighted by Crippen LogP contribution is -2.37. The van der Waals surface area contributed by atoms with Gasteiger partial charge in [-0.1, -0.05) is 6.07 Å². The van der Waals surface area contributed by atoms with Crippen LogP contribution < -0.4 is 5.73 Å². The summed E-state index contributed by atoms with van der Waals surface area (Å²) in [5.74, 6) is -0.456. The van der Waals surface area contributed by atoms with E-state index in [-0.39, 0.29) is 0 Å². The van der Waals surface area contributed by atoms with Crippen LogP contribution >= 0.6 is 0 Å². The third-order valence-electron chi connectivity index (χ3n) is 2.93. The van der Waals surface area contributed by atoms with E-state index < -0.39 is 5.91 Å². The first-order chi connectivity index (χ1) is 8.27. The molecule has 0 unspecified atom stereocenters. The summed E-state index contributed by atoms with van der Waals surface area (Å²) in [5, 5.41) is 0. The van der Waals surface area contributed by atoms with Crippen molar-refractivity contribution in [2.45, 2.75) is 6.42 Å². The van der Waals surface area contributed by atoms with Gasteiger partial charge in [-0.2, -0.15) is 0 Å². The Kier molecular flexibility index (Phi) is 4.06. The van der Waals surface area contributed by atoms with Crippen molar-refractivity contribution in [3.63, 3.8) is 0 Å². The van der Waals surface area contributed by atoms with Gasteiger partial charge in [0, 0.05) is 25.8 Å². The van der Waals surface area contributed by atoms with Crippen LogP contribution in [0.3, 0.4) is 0 Å². The van der Waals surface area contributed by atoms with E-state index in [1.165, 1.54) is 0 Å². The third-order valence-corrected chi connectivity index (χ3v) is 2.93. The number of primary amides is 1. The molecule has 0 atom stereocenters. The summed E-state index contributed by atoms with van der Waals surface area (Å²) < 4.78 is 5.29. The van der Waals surface area contributed by atoms with Gasteiger partial charge in [0.2, 0.25) is 0 Å². The van der Waals surface area contributed by atoms with Crippen molar-refractivity contribution in [3.05, 3.63) is 29.6 Å². The second kappa shape index (κ2) is 5.75. The summed E-state index contributed by atoms with van der Waals surface area (Å²) in [7, 11) is 0. The fourth-order valence-corrected chi connectivity index (χ4v) is 1.97. The highest BCUT2D eigenvalue weighted by atomic mass is 16.5. The van der Waals surface area contributed by atoms with Crippen LogP contribution in [0, 0.1) is 0 Å². The number of hydrogen-bond donors (Lipinski definition) is 1. The minimum absolute atomic E-state index is 0.390. The van der Waals surface area contributed by atoms with E-state index >= 15 is 0 Å². The summed E-state index contributed by atoms with van der Waals surface area (Å²) in [4.78, 5) is 17.5. The summed E-state index contributed by atoms with van der Waals surface area (Å²) in [6, 6.07) is 3.74. The van der Waals surface area contributed by atoms with Gasteiger partial charge in [-0.25, -0.2) is 0 Å². The molecule has 2 heterocycles. The van der Waals surface area contributed by atoms with E-state index in [0.29, 0.717) is 5.69 Å². The third kappa shape index (κ3) is 3.25. The lowest BCUT2D eigenvalue weighted by atomic mass is 10.1. The number of nitrogens with two attached hydrogens (primary N) is 1. The fraction of sp³-hybridized carbons (Fsp3) is 0.500. The van der Waals surface area contributed by atoms with Crippen molar-refractivity contribution < 1.29 is 9.53 Å². The number of carbonyl (C=O) groups is 1. The molecule has 0 saturated carbocycles. The number of nitrogens with zero attached hydrogens (tertiary/aromatic N) is 2. The van der Waals surface area contributed by atoms with Crippen LogP contribution in [0.2, 0.25) is 0 Å². The number of pyridine rings is 1. The van der Waals surface area contributed by atoms with E-state index in [0.717, 1.165) is 44.8 Å². The smallest absolute Gasteiger partial charge is 0.267 e. The Hall–Kier alpha value is -1.46. The zero-order chi connectivity index (χ0) is 12.1. The van der Waals surface area contributed by atoms with Gasteiger partial charge in [0.05, 0.1) is 13.2 Å². The molecule has 92 valence electrons. The normalized spacial score (nSPS) is 16.9. The Morgan fingerprint density at radius 2 is 2.24 bits per heavy atom. The monoisotopic (exact) mass is 235 g/mol. The van der Waals surface area contributed by atoms with Gasteiger partial charge < -0.3 is 10.5 Å². The number of amides is 1. The SMILES string of the molecule is NC(=O)c1ncccc1CCN1CCOCC1. The topological polar surface area (TPSA) is 68.5 Å². The summed E-state index contributed by atoms with van der Waals surface area (Å²) in [5.41, 5.74) is 6.60. The Bertz CT molecular complexity index is 389. The van der Waals surface area contributed by atoms with Crippen LogP contribution in [0.4, 0.5) is 0 Å². The first-order valence-corrected chi connectivity index (χ1v) is 5.81. The molecule has 1 amide bonds. The molecule has 1 aromatic rings. The molecule has 5 nitrogen and oxygen atoms in total. The van der Waals surface area contributed by atoms with Gasteiger partial charge in [0.1, 0.15) is 5.69 Å². The number of rotatable bonds is 4. The molecular formula is C12H17N3O2. The quantitative estimate of drug-likeness (QED) is 0.801. The maximum Gasteiger partial charge on any atom is 0.267 e. The van der Waals surface area contributed by atoms with Crippen LogP contribution in [0.25, 0.3) is 0 Å². The molecule has 0 aromatic carbocycles. The fourth-order valence-electron chi connectivity index (χ4n) is 1.97. The van der Waals surface area contributed by atoms with Crippen molar-refractivity contribution in [1.82, 2.24) is 9.88 Å². The highest BCUT2D eigenvalue weighted by Crippen LogP contribution is 2.07. The number of hydrogen-bond acceptors (Lipinski definition) is 4. The molecule has 0 bridgehead atoms. The summed E-state index contributed by atoms with van der Waals surface area (Å²) in [6.45, 7) is 4.39. The van der Waals surface area contributed by atoms with Gasteiger partial charge in [-0.05, 0) is 18.1 Å².